The van der Waals surface area contributed by atoms with Crippen molar-refractivity contribution in [1.29, 1.82) is 0 Å². The first-order valence-electron chi connectivity index (χ1n) is 9.01. The minimum atomic E-state index is 0.763. The number of rotatable bonds is 7. The highest BCUT2D eigenvalue weighted by atomic mass is 32.1. The van der Waals surface area contributed by atoms with Crippen LogP contribution in [0.1, 0.15) is 5.69 Å². The van der Waals surface area contributed by atoms with Crippen molar-refractivity contribution in [2.75, 3.05) is 37.4 Å². The number of H-pyrrole nitrogens is 1. The molecule has 0 aliphatic carbocycles. The number of anilines is 3. The van der Waals surface area contributed by atoms with Gasteiger partial charge in [-0.2, -0.15) is 5.10 Å². The second-order valence-corrected chi connectivity index (χ2v) is 7.48. The predicted octanol–water partition coefficient (Wildman–Crippen LogP) is 3.18. The molecule has 28 heavy (non-hydrogen) atoms. The normalized spacial score (nSPS) is 11.1. The molecule has 0 unspecified atom stereocenters. The molecule has 0 aromatic carbocycles. The lowest BCUT2D eigenvalue weighted by Crippen LogP contribution is -2.27. The Labute approximate surface area is 167 Å². The van der Waals surface area contributed by atoms with Crippen LogP contribution < -0.4 is 15.5 Å². The lowest BCUT2D eigenvalue weighted by Gasteiger charge is -2.19. The Balaban J connectivity index is 1.56. The molecule has 0 atom stereocenters. The zero-order valence-corrected chi connectivity index (χ0v) is 16.8. The molecule has 0 aliphatic rings. The van der Waals surface area contributed by atoms with Crippen molar-refractivity contribution in [3.8, 4) is 11.3 Å². The van der Waals surface area contributed by atoms with E-state index in [0.717, 1.165) is 57.0 Å². The first kappa shape index (κ1) is 18.3. The summed E-state index contributed by atoms with van der Waals surface area (Å²) in [5, 5.41) is 14.3. The third-order valence-electron chi connectivity index (χ3n) is 4.48. The van der Waals surface area contributed by atoms with Crippen LogP contribution in [0.4, 0.5) is 16.6 Å². The van der Waals surface area contributed by atoms with Gasteiger partial charge in [0, 0.05) is 49.3 Å². The number of nitrogens with one attached hydrogen (secondary N) is 3. The average molecular weight is 395 g/mol. The highest BCUT2D eigenvalue weighted by Crippen LogP contribution is 2.30. The Hall–Kier alpha value is -3.04. The van der Waals surface area contributed by atoms with E-state index in [2.05, 4.69) is 42.7 Å². The number of hydrogen-bond acceptors (Lipinski definition) is 8. The van der Waals surface area contributed by atoms with Crippen LogP contribution in [0.5, 0.6) is 0 Å². The van der Waals surface area contributed by atoms with Gasteiger partial charge in [0.25, 0.3) is 0 Å². The van der Waals surface area contributed by atoms with E-state index < -0.39 is 0 Å². The number of hydrogen-bond donors (Lipinski definition) is 3. The second-order valence-electron chi connectivity index (χ2n) is 6.50. The molecule has 0 spiro atoms. The molecule has 0 saturated heterocycles. The zero-order chi connectivity index (χ0) is 19.5. The van der Waals surface area contributed by atoms with Crippen molar-refractivity contribution in [3.05, 3.63) is 42.4 Å². The molecule has 4 rings (SSSR count). The van der Waals surface area contributed by atoms with Crippen LogP contribution in [0.2, 0.25) is 0 Å². The summed E-state index contributed by atoms with van der Waals surface area (Å²) in [6.45, 7) is 3.82. The number of pyridine rings is 2. The fourth-order valence-corrected chi connectivity index (χ4v) is 3.72. The number of aromatic nitrogens is 5. The molecule has 0 saturated carbocycles. The van der Waals surface area contributed by atoms with E-state index >= 15 is 0 Å². The SMILES string of the molecule is CNCCN(C)c1ccnc(Nc2nc3ccc(-c4cn[nH]c4C)nc3s2)c1. The van der Waals surface area contributed by atoms with Gasteiger partial charge in [0.05, 0.1) is 11.9 Å². The molecule has 4 aromatic rings. The zero-order valence-electron chi connectivity index (χ0n) is 16.0. The molecule has 0 aliphatic heterocycles. The highest BCUT2D eigenvalue weighted by Gasteiger charge is 2.11. The van der Waals surface area contributed by atoms with Gasteiger partial charge in [-0.3, -0.25) is 5.10 Å². The number of thiazole rings is 1. The van der Waals surface area contributed by atoms with E-state index in [0.29, 0.717) is 0 Å². The van der Waals surface area contributed by atoms with Crippen molar-refractivity contribution >= 4 is 38.3 Å². The molecule has 8 nitrogen and oxygen atoms in total. The summed E-state index contributed by atoms with van der Waals surface area (Å²) in [6, 6.07) is 7.98. The van der Waals surface area contributed by atoms with Crippen LogP contribution in [-0.2, 0) is 0 Å². The topological polar surface area (TPSA) is 94.6 Å². The van der Waals surface area contributed by atoms with Crippen LogP contribution in [0.3, 0.4) is 0 Å². The summed E-state index contributed by atoms with van der Waals surface area (Å²) >= 11 is 1.51. The maximum absolute atomic E-state index is 4.74. The van der Waals surface area contributed by atoms with Gasteiger partial charge >= 0.3 is 0 Å². The number of aromatic amines is 1. The summed E-state index contributed by atoms with van der Waals surface area (Å²) in [4.78, 5) is 16.9. The first-order chi connectivity index (χ1) is 13.6. The third-order valence-corrected chi connectivity index (χ3v) is 5.36. The van der Waals surface area contributed by atoms with Crippen molar-refractivity contribution in [2.45, 2.75) is 6.92 Å². The van der Waals surface area contributed by atoms with Crippen LogP contribution in [0.25, 0.3) is 21.6 Å². The van der Waals surface area contributed by atoms with Gasteiger partial charge in [0.2, 0.25) is 0 Å². The molecule has 9 heteroatoms. The van der Waals surface area contributed by atoms with Gasteiger partial charge in [-0.1, -0.05) is 11.3 Å². The number of aryl methyl sites for hydroxylation is 1. The summed E-state index contributed by atoms with van der Waals surface area (Å²) < 4.78 is 0. The quantitative estimate of drug-likeness (QED) is 0.443. The van der Waals surface area contributed by atoms with Gasteiger partial charge in [0.1, 0.15) is 16.2 Å². The van der Waals surface area contributed by atoms with Gasteiger partial charge in [-0.25, -0.2) is 15.0 Å². The van der Waals surface area contributed by atoms with Crippen LogP contribution in [0, 0.1) is 6.92 Å². The Morgan fingerprint density at radius 3 is 2.89 bits per heavy atom. The molecular weight excluding hydrogens is 372 g/mol. The standard InChI is InChI=1S/C19H22N8S/c1-12-14(11-22-26-12)15-4-5-16-18(23-15)28-19(24-16)25-17-10-13(6-7-21-17)27(3)9-8-20-2/h4-7,10-11,20H,8-9H2,1-3H3,(H,22,26)(H,21,24,25). The fourth-order valence-electron chi connectivity index (χ4n) is 2.87. The highest BCUT2D eigenvalue weighted by molar-refractivity contribution is 7.21. The van der Waals surface area contributed by atoms with Crippen LogP contribution in [-0.4, -0.2) is 52.3 Å². The van der Waals surface area contributed by atoms with E-state index in [9.17, 15) is 0 Å². The van der Waals surface area contributed by atoms with Crippen molar-refractivity contribution in [3.63, 3.8) is 0 Å². The molecule has 0 amide bonds. The van der Waals surface area contributed by atoms with Crippen molar-refractivity contribution < 1.29 is 0 Å². The molecular formula is C19H22N8S. The van der Waals surface area contributed by atoms with E-state index in [1.165, 1.54) is 11.3 Å². The Bertz CT molecular complexity index is 1090. The molecule has 4 heterocycles. The lowest BCUT2D eigenvalue weighted by atomic mass is 10.2. The van der Waals surface area contributed by atoms with Crippen LogP contribution in [0.15, 0.2) is 36.7 Å². The van der Waals surface area contributed by atoms with Gasteiger partial charge in [-0.15, -0.1) is 0 Å². The van der Waals surface area contributed by atoms with E-state index in [1.54, 1.807) is 12.4 Å². The number of fused-ring (bicyclic) bond motifs is 1. The second kappa shape index (κ2) is 7.91. The minimum absolute atomic E-state index is 0.763. The van der Waals surface area contributed by atoms with Crippen molar-refractivity contribution in [2.24, 2.45) is 0 Å². The molecule has 4 aromatic heterocycles. The minimum Gasteiger partial charge on any atom is -0.373 e. The third kappa shape index (κ3) is 3.80. The van der Waals surface area contributed by atoms with Crippen LogP contribution >= 0.6 is 11.3 Å². The summed E-state index contributed by atoms with van der Waals surface area (Å²) in [6.07, 6.45) is 3.60. The Morgan fingerprint density at radius 2 is 2.11 bits per heavy atom. The number of nitrogens with zero attached hydrogens (tertiary/aromatic N) is 5. The molecule has 3 N–H and O–H groups in total. The summed E-state index contributed by atoms with van der Waals surface area (Å²) in [7, 11) is 4.02. The lowest BCUT2D eigenvalue weighted by molar-refractivity contribution is 0.767. The summed E-state index contributed by atoms with van der Waals surface area (Å²) in [5.74, 6) is 0.763. The summed E-state index contributed by atoms with van der Waals surface area (Å²) in [5.41, 5.74) is 4.85. The first-order valence-corrected chi connectivity index (χ1v) is 9.82. The monoisotopic (exact) mass is 394 g/mol. The molecule has 0 radical (unpaired) electrons. The number of likely N-dealkylation sites (N-methyl/N-ethyl adjacent to an activating group) is 2. The largest absolute Gasteiger partial charge is 0.373 e. The Morgan fingerprint density at radius 1 is 1.21 bits per heavy atom. The maximum atomic E-state index is 4.74. The van der Waals surface area contributed by atoms with Gasteiger partial charge < -0.3 is 15.5 Å². The van der Waals surface area contributed by atoms with Gasteiger partial charge in [0.15, 0.2) is 5.13 Å². The van der Waals surface area contributed by atoms with Crippen molar-refractivity contribution in [1.82, 2.24) is 30.5 Å². The van der Waals surface area contributed by atoms with Gasteiger partial charge in [-0.05, 0) is 32.2 Å². The van der Waals surface area contributed by atoms with E-state index in [1.807, 2.05) is 38.2 Å². The predicted molar refractivity (Wildman–Crippen MR) is 114 cm³/mol. The Kier molecular flexibility index (Phi) is 5.18. The fraction of sp³-hybridized carbons (Fsp3) is 0.263. The van der Waals surface area contributed by atoms with E-state index in [-0.39, 0.29) is 0 Å². The molecule has 0 fully saturated rings. The van der Waals surface area contributed by atoms with E-state index in [4.69, 9.17) is 4.98 Å². The molecule has 144 valence electrons. The average Bonchev–Trinajstić information content (AvgIpc) is 3.30. The smallest absolute Gasteiger partial charge is 0.190 e. The molecule has 0 bridgehead atoms. The maximum Gasteiger partial charge on any atom is 0.190 e.